The highest BCUT2D eigenvalue weighted by molar-refractivity contribution is 5.86. The highest BCUT2D eigenvalue weighted by atomic mass is 19.2. The maximum atomic E-state index is 13.0. The van der Waals surface area contributed by atoms with Gasteiger partial charge in [0.05, 0.1) is 0 Å². The fourth-order valence-electron chi connectivity index (χ4n) is 2.24. The fourth-order valence-corrected chi connectivity index (χ4v) is 2.24. The zero-order chi connectivity index (χ0) is 16.8. The molecule has 1 amide bonds. The van der Waals surface area contributed by atoms with Crippen LogP contribution in [-0.2, 0) is 16.0 Å². The quantitative estimate of drug-likeness (QED) is 0.775. The van der Waals surface area contributed by atoms with Gasteiger partial charge in [0, 0.05) is 6.42 Å². The molecule has 4 nitrogen and oxygen atoms in total. The number of carboxylic acids is 1. The molecule has 122 valence electrons. The van der Waals surface area contributed by atoms with E-state index in [2.05, 4.69) is 5.32 Å². The predicted octanol–water partition coefficient (Wildman–Crippen LogP) is 3.05. The first-order valence-electron chi connectivity index (χ1n) is 7.27. The number of carbonyl (C=O) groups excluding carboxylic acids is 1. The fraction of sp³-hybridized carbons (Fsp3) is 0.500. The highest BCUT2D eigenvalue weighted by Crippen LogP contribution is 2.14. The second-order valence-electron chi connectivity index (χ2n) is 5.54. The second-order valence-corrected chi connectivity index (χ2v) is 5.54. The van der Waals surface area contributed by atoms with Gasteiger partial charge in [0.2, 0.25) is 5.91 Å². The summed E-state index contributed by atoms with van der Waals surface area (Å²) in [4.78, 5) is 23.1. The van der Waals surface area contributed by atoms with E-state index in [9.17, 15) is 23.5 Å². The third-order valence-electron chi connectivity index (χ3n) is 3.49. The Hall–Kier alpha value is -1.98. The first kappa shape index (κ1) is 18.1. The van der Waals surface area contributed by atoms with Crippen LogP contribution in [0.3, 0.4) is 0 Å². The topological polar surface area (TPSA) is 66.4 Å². The molecule has 0 aromatic heterocycles. The molecule has 0 aliphatic rings. The summed E-state index contributed by atoms with van der Waals surface area (Å²) in [5.74, 6) is -3.24. The zero-order valence-corrected chi connectivity index (χ0v) is 12.8. The molecule has 0 aliphatic carbocycles. The molecule has 1 aromatic carbocycles. The molecule has 1 atom stereocenters. The lowest BCUT2D eigenvalue weighted by Crippen LogP contribution is -2.52. The van der Waals surface area contributed by atoms with Gasteiger partial charge in [0.1, 0.15) is 5.54 Å². The van der Waals surface area contributed by atoms with Crippen LogP contribution >= 0.6 is 0 Å². The largest absolute Gasteiger partial charge is 0.480 e. The molecule has 0 spiro atoms. The van der Waals surface area contributed by atoms with Crippen LogP contribution in [0.4, 0.5) is 8.78 Å². The van der Waals surface area contributed by atoms with Crippen LogP contribution < -0.4 is 5.32 Å². The molecule has 0 radical (unpaired) electrons. The van der Waals surface area contributed by atoms with Gasteiger partial charge >= 0.3 is 5.97 Å². The maximum Gasteiger partial charge on any atom is 0.329 e. The number of amides is 1. The van der Waals surface area contributed by atoms with Gasteiger partial charge in [0.25, 0.3) is 0 Å². The highest BCUT2D eigenvalue weighted by Gasteiger charge is 2.33. The average molecular weight is 313 g/mol. The van der Waals surface area contributed by atoms with Gasteiger partial charge in [-0.25, -0.2) is 13.6 Å². The molecule has 0 fully saturated rings. The number of hydrogen-bond donors (Lipinski definition) is 2. The van der Waals surface area contributed by atoms with Crippen molar-refractivity contribution < 1.29 is 23.5 Å². The summed E-state index contributed by atoms with van der Waals surface area (Å²) < 4.78 is 25.8. The van der Waals surface area contributed by atoms with E-state index in [1.54, 1.807) is 0 Å². The van der Waals surface area contributed by atoms with Crippen LogP contribution in [0.25, 0.3) is 0 Å². The maximum absolute atomic E-state index is 13.0. The SMILES string of the molecule is CCCC(C)(NC(=O)CCCc1ccc(F)c(F)c1)C(=O)O. The van der Waals surface area contributed by atoms with Crippen molar-refractivity contribution in [3.63, 3.8) is 0 Å². The van der Waals surface area contributed by atoms with Gasteiger partial charge < -0.3 is 10.4 Å². The van der Waals surface area contributed by atoms with E-state index in [4.69, 9.17) is 0 Å². The second kappa shape index (κ2) is 7.87. The van der Waals surface area contributed by atoms with Crippen molar-refractivity contribution in [1.82, 2.24) is 5.32 Å². The monoisotopic (exact) mass is 313 g/mol. The molecule has 22 heavy (non-hydrogen) atoms. The Labute approximate surface area is 128 Å². The number of halogens is 2. The Kier molecular flexibility index (Phi) is 6.46. The summed E-state index contributed by atoms with van der Waals surface area (Å²) in [5, 5.41) is 11.7. The van der Waals surface area contributed by atoms with Gasteiger partial charge in [-0.2, -0.15) is 0 Å². The van der Waals surface area contributed by atoms with E-state index < -0.39 is 23.1 Å². The molecule has 2 N–H and O–H groups in total. The molecule has 0 heterocycles. The van der Waals surface area contributed by atoms with Crippen LogP contribution in [0, 0.1) is 11.6 Å². The van der Waals surface area contributed by atoms with Crippen LogP contribution in [0.2, 0.25) is 0 Å². The lowest BCUT2D eigenvalue weighted by molar-refractivity contribution is -0.147. The summed E-state index contributed by atoms with van der Waals surface area (Å²) in [6, 6.07) is 3.62. The summed E-state index contributed by atoms with van der Waals surface area (Å²) in [7, 11) is 0. The number of carbonyl (C=O) groups is 2. The Balaban J connectivity index is 2.48. The Morgan fingerprint density at radius 3 is 2.50 bits per heavy atom. The van der Waals surface area contributed by atoms with Crippen LogP contribution in [0.15, 0.2) is 18.2 Å². The van der Waals surface area contributed by atoms with Crippen LogP contribution in [0.1, 0.15) is 45.1 Å². The molecule has 0 saturated carbocycles. The number of nitrogens with one attached hydrogen (secondary N) is 1. The molecule has 6 heteroatoms. The van der Waals surface area contributed by atoms with E-state index in [-0.39, 0.29) is 12.3 Å². The smallest absolute Gasteiger partial charge is 0.329 e. The minimum absolute atomic E-state index is 0.131. The predicted molar refractivity (Wildman–Crippen MR) is 78.4 cm³/mol. The Bertz CT molecular complexity index is 548. The summed E-state index contributed by atoms with van der Waals surface area (Å²) in [6.07, 6.45) is 1.96. The van der Waals surface area contributed by atoms with Gasteiger partial charge in [-0.15, -0.1) is 0 Å². The minimum atomic E-state index is -1.27. The Morgan fingerprint density at radius 1 is 1.27 bits per heavy atom. The first-order chi connectivity index (χ1) is 10.3. The van der Waals surface area contributed by atoms with E-state index in [0.29, 0.717) is 31.2 Å². The molecule has 0 saturated heterocycles. The van der Waals surface area contributed by atoms with Gasteiger partial charge in [-0.05, 0) is 43.9 Å². The number of carboxylic acid groups (broad SMARTS) is 1. The van der Waals surface area contributed by atoms with Crippen molar-refractivity contribution in [3.05, 3.63) is 35.4 Å². The average Bonchev–Trinajstić information content (AvgIpc) is 2.42. The van der Waals surface area contributed by atoms with Crippen molar-refractivity contribution >= 4 is 11.9 Å². The van der Waals surface area contributed by atoms with Crippen LogP contribution in [-0.4, -0.2) is 22.5 Å². The summed E-state index contributed by atoms with van der Waals surface area (Å²) in [5.41, 5.74) is -0.672. The molecule has 1 unspecified atom stereocenters. The molecule has 1 rings (SSSR count). The lowest BCUT2D eigenvalue weighted by atomic mass is 9.96. The number of aryl methyl sites for hydroxylation is 1. The third-order valence-corrected chi connectivity index (χ3v) is 3.49. The number of rotatable bonds is 8. The molecule has 1 aromatic rings. The minimum Gasteiger partial charge on any atom is -0.480 e. The van der Waals surface area contributed by atoms with Gasteiger partial charge in [0.15, 0.2) is 11.6 Å². The van der Waals surface area contributed by atoms with Crippen molar-refractivity contribution in [2.45, 2.75) is 51.5 Å². The van der Waals surface area contributed by atoms with Crippen molar-refractivity contribution in [3.8, 4) is 0 Å². The van der Waals surface area contributed by atoms with E-state index in [0.717, 1.165) is 12.1 Å². The number of hydrogen-bond acceptors (Lipinski definition) is 2. The van der Waals surface area contributed by atoms with E-state index in [1.807, 2.05) is 6.92 Å². The molecule has 0 aliphatic heterocycles. The van der Waals surface area contributed by atoms with E-state index in [1.165, 1.54) is 13.0 Å². The lowest BCUT2D eigenvalue weighted by Gasteiger charge is -2.25. The standard InChI is InChI=1S/C16H21F2NO3/c1-3-9-16(2,15(21)22)19-14(20)6-4-5-11-7-8-12(17)13(18)10-11/h7-8,10H,3-6,9H2,1-2H3,(H,19,20)(H,21,22). The number of aliphatic carboxylic acids is 1. The van der Waals surface area contributed by atoms with Crippen LogP contribution in [0.5, 0.6) is 0 Å². The molecular formula is C16H21F2NO3. The first-order valence-corrected chi connectivity index (χ1v) is 7.27. The van der Waals surface area contributed by atoms with Crippen molar-refractivity contribution in [1.29, 1.82) is 0 Å². The van der Waals surface area contributed by atoms with Gasteiger partial charge in [-0.3, -0.25) is 4.79 Å². The normalized spacial score (nSPS) is 13.5. The molecule has 0 bridgehead atoms. The summed E-state index contributed by atoms with van der Waals surface area (Å²) in [6.45, 7) is 3.32. The van der Waals surface area contributed by atoms with Gasteiger partial charge in [-0.1, -0.05) is 19.4 Å². The van der Waals surface area contributed by atoms with E-state index >= 15 is 0 Å². The van der Waals surface area contributed by atoms with Crippen molar-refractivity contribution in [2.24, 2.45) is 0 Å². The summed E-state index contributed by atoms with van der Waals surface area (Å²) >= 11 is 0. The van der Waals surface area contributed by atoms with Crippen molar-refractivity contribution in [2.75, 3.05) is 0 Å². The number of benzene rings is 1. The zero-order valence-electron chi connectivity index (χ0n) is 12.8. The third kappa shape index (κ3) is 5.09. The Morgan fingerprint density at radius 2 is 1.95 bits per heavy atom. The molecular weight excluding hydrogens is 292 g/mol.